The van der Waals surface area contributed by atoms with E-state index in [0.29, 0.717) is 5.69 Å². The summed E-state index contributed by atoms with van der Waals surface area (Å²) in [7, 11) is 1.49. The van der Waals surface area contributed by atoms with Crippen molar-refractivity contribution >= 4 is 29.1 Å². The summed E-state index contributed by atoms with van der Waals surface area (Å²) in [6, 6.07) is 5.37. The third-order valence-corrected chi connectivity index (χ3v) is 2.41. The predicted molar refractivity (Wildman–Crippen MR) is 68.0 cm³/mol. The number of anilines is 1. The average Bonchev–Trinajstić information content (AvgIpc) is 2.30. The predicted octanol–water partition coefficient (Wildman–Crippen LogP) is 1.85. The largest absolute Gasteiger partial charge is 0.335 e. The van der Waals surface area contributed by atoms with Gasteiger partial charge < -0.3 is 10.2 Å². The van der Waals surface area contributed by atoms with Crippen molar-refractivity contribution in [2.75, 3.05) is 18.9 Å². The molecule has 0 fully saturated rings. The summed E-state index contributed by atoms with van der Waals surface area (Å²) in [6.07, 6.45) is 0. The van der Waals surface area contributed by atoms with Crippen LogP contribution in [0.4, 0.5) is 10.1 Å². The first-order valence-corrected chi connectivity index (χ1v) is 5.78. The van der Waals surface area contributed by atoms with Gasteiger partial charge in [-0.3, -0.25) is 9.59 Å². The Morgan fingerprint density at radius 2 is 1.94 bits per heavy atom. The van der Waals surface area contributed by atoms with Gasteiger partial charge in [-0.05, 0) is 31.2 Å². The van der Waals surface area contributed by atoms with Crippen LogP contribution in [0.15, 0.2) is 24.3 Å². The van der Waals surface area contributed by atoms with Crippen molar-refractivity contribution in [2.24, 2.45) is 0 Å². The highest BCUT2D eigenvalue weighted by molar-refractivity contribution is 6.30. The maximum atomic E-state index is 12.6. The number of carbonyl (C=O) groups is 2. The fraction of sp³-hybridized carbons (Fsp3) is 0.333. The van der Waals surface area contributed by atoms with Gasteiger partial charge in [0.15, 0.2) is 0 Å². The lowest BCUT2D eigenvalue weighted by molar-refractivity contribution is -0.132. The average molecular weight is 273 g/mol. The Morgan fingerprint density at radius 1 is 1.39 bits per heavy atom. The number of carbonyl (C=O) groups excluding carboxylic acids is 2. The number of hydrogen-bond donors (Lipinski definition) is 1. The lowest BCUT2D eigenvalue weighted by Crippen LogP contribution is -2.38. The van der Waals surface area contributed by atoms with Crippen LogP contribution in [0.2, 0.25) is 0 Å². The molecule has 0 heterocycles. The maximum Gasteiger partial charge on any atom is 0.243 e. The quantitative estimate of drug-likeness (QED) is 0.851. The first-order chi connectivity index (χ1) is 8.40. The Morgan fingerprint density at radius 3 is 2.44 bits per heavy atom. The third kappa shape index (κ3) is 4.33. The van der Waals surface area contributed by atoms with Gasteiger partial charge in [-0.2, -0.15) is 0 Å². The highest BCUT2D eigenvalue weighted by Gasteiger charge is 2.17. The summed E-state index contributed by atoms with van der Waals surface area (Å²) < 4.78 is 12.6. The van der Waals surface area contributed by atoms with Crippen molar-refractivity contribution in [3.05, 3.63) is 30.1 Å². The van der Waals surface area contributed by atoms with Crippen LogP contribution in [0.25, 0.3) is 0 Å². The van der Waals surface area contributed by atoms with Gasteiger partial charge in [0.05, 0.1) is 6.54 Å². The highest BCUT2D eigenvalue weighted by Crippen LogP contribution is 2.08. The fourth-order valence-electron chi connectivity index (χ4n) is 1.33. The van der Waals surface area contributed by atoms with E-state index in [-0.39, 0.29) is 24.2 Å². The Labute approximate surface area is 110 Å². The smallest absolute Gasteiger partial charge is 0.243 e. The Hall–Kier alpha value is -1.62. The summed E-state index contributed by atoms with van der Waals surface area (Å²) in [5.74, 6) is -1.07. The number of halogens is 2. The molecule has 18 heavy (non-hydrogen) atoms. The van der Waals surface area contributed by atoms with Gasteiger partial charge in [0, 0.05) is 12.7 Å². The molecule has 0 aliphatic heterocycles. The van der Waals surface area contributed by atoms with E-state index in [0.717, 1.165) is 0 Å². The van der Waals surface area contributed by atoms with Crippen molar-refractivity contribution in [3.63, 3.8) is 0 Å². The summed E-state index contributed by atoms with van der Waals surface area (Å²) in [5.41, 5.74) is 0.473. The molecule has 98 valence electrons. The second-order valence-corrected chi connectivity index (χ2v) is 4.52. The molecule has 0 spiro atoms. The third-order valence-electron chi connectivity index (χ3n) is 2.23. The monoisotopic (exact) mass is 272 g/mol. The molecule has 1 aromatic rings. The molecule has 0 saturated heterocycles. The summed E-state index contributed by atoms with van der Waals surface area (Å²) >= 11 is 5.62. The Bertz CT molecular complexity index is 434. The normalized spacial score (nSPS) is 11.8. The minimum absolute atomic E-state index is 0.104. The number of nitrogens with zero attached hydrogens (tertiary/aromatic N) is 1. The van der Waals surface area contributed by atoms with Gasteiger partial charge >= 0.3 is 0 Å². The zero-order valence-electron chi connectivity index (χ0n) is 10.1. The van der Waals surface area contributed by atoms with E-state index in [2.05, 4.69) is 5.32 Å². The molecule has 6 heteroatoms. The highest BCUT2D eigenvalue weighted by atomic mass is 35.5. The number of hydrogen-bond acceptors (Lipinski definition) is 2. The maximum absolute atomic E-state index is 12.6. The van der Waals surface area contributed by atoms with Gasteiger partial charge in [0.1, 0.15) is 11.2 Å². The van der Waals surface area contributed by atoms with Crippen LogP contribution in [-0.4, -0.2) is 35.7 Å². The topological polar surface area (TPSA) is 49.4 Å². The second kappa shape index (κ2) is 6.35. The van der Waals surface area contributed by atoms with Crippen LogP contribution >= 0.6 is 11.6 Å². The molecular weight excluding hydrogens is 259 g/mol. The van der Waals surface area contributed by atoms with E-state index < -0.39 is 5.38 Å². The van der Waals surface area contributed by atoms with Crippen molar-refractivity contribution < 1.29 is 14.0 Å². The molecule has 1 unspecified atom stereocenters. The second-order valence-electron chi connectivity index (χ2n) is 3.87. The number of rotatable bonds is 4. The number of nitrogens with one attached hydrogen (secondary N) is 1. The van der Waals surface area contributed by atoms with Gasteiger partial charge in [-0.25, -0.2) is 4.39 Å². The summed E-state index contributed by atoms with van der Waals surface area (Å²) in [6.45, 7) is 1.44. The number of benzene rings is 1. The standard InChI is InChI=1S/C12H14ClFN2O2/c1-8(13)12(18)16(2)7-11(17)15-10-5-3-9(14)4-6-10/h3-6,8H,7H2,1-2H3,(H,15,17). The molecule has 4 nitrogen and oxygen atoms in total. The lowest BCUT2D eigenvalue weighted by Gasteiger charge is -2.17. The Kier molecular flexibility index (Phi) is 5.09. The Balaban J connectivity index is 2.51. The lowest BCUT2D eigenvalue weighted by atomic mass is 10.3. The molecule has 2 amide bonds. The van der Waals surface area contributed by atoms with Gasteiger partial charge in [0.2, 0.25) is 11.8 Å². The van der Waals surface area contributed by atoms with E-state index in [1.54, 1.807) is 0 Å². The van der Waals surface area contributed by atoms with Crippen LogP contribution in [-0.2, 0) is 9.59 Å². The molecular formula is C12H14ClFN2O2. The number of amides is 2. The molecule has 0 aliphatic carbocycles. The molecule has 1 aromatic carbocycles. The van der Waals surface area contributed by atoms with E-state index in [1.807, 2.05) is 0 Å². The van der Waals surface area contributed by atoms with Crippen LogP contribution in [0.1, 0.15) is 6.92 Å². The minimum Gasteiger partial charge on any atom is -0.335 e. The molecule has 0 saturated carbocycles. The van der Waals surface area contributed by atoms with E-state index >= 15 is 0 Å². The van der Waals surface area contributed by atoms with Gasteiger partial charge in [-0.15, -0.1) is 11.6 Å². The molecule has 0 aromatic heterocycles. The van der Waals surface area contributed by atoms with Crippen molar-refractivity contribution in [1.82, 2.24) is 4.90 Å². The fourth-order valence-corrected chi connectivity index (χ4v) is 1.50. The molecule has 0 aliphatic rings. The van der Waals surface area contributed by atoms with Crippen molar-refractivity contribution in [3.8, 4) is 0 Å². The van der Waals surface area contributed by atoms with E-state index in [9.17, 15) is 14.0 Å². The molecule has 0 radical (unpaired) electrons. The first-order valence-electron chi connectivity index (χ1n) is 5.34. The SMILES string of the molecule is CC(Cl)C(=O)N(C)CC(=O)Nc1ccc(F)cc1. The number of alkyl halides is 1. The van der Waals surface area contributed by atoms with Crippen molar-refractivity contribution in [1.29, 1.82) is 0 Å². The van der Waals surface area contributed by atoms with Crippen LogP contribution in [0.5, 0.6) is 0 Å². The molecule has 1 rings (SSSR count). The van der Waals surface area contributed by atoms with Crippen LogP contribution in [0, 0.1) is 5.82 Å². The summed E-state index contributed by atoms with van der Waals surface area (Å²) in [4.78, 5) is 24.3. The molecule has 0 bridgehead atoms. The van der Waals surface area contributed by atoms with Crippen molar-refractivity contribution in [2.45, 2.75) is 12.3 Å². The van der Waals surface area contributed by atoms with Crippen LogP contribution < -0.4 is 5.32 Å². The van der Waals surface area contributed by atoms with Crippen LogP contribution in [0.3, 0.4) is 0 Å². The van der Waals surface area contributed by atoms with Gasteiger partial charge in [0.25, 0.3) is 0 Å². The molecule has 1 atom stereocenters. The first kappa shape index (κ1) is 14.4. The zero-order chi connectivity index (χ0) is 13.7. The van der Waals surface area contributed by atoms with E-state index in [4.69, 9.17) is 11.6 Å². The van der Waals surface area contributed by atoms with Gasteiger partial charge in [-0.1, -0.05) is 0 Å². The van der Waals surface area contributed by atoms with E-state index in [1.165, 1.54) is 43.1 Å². The number of likely N-dealkylation sites (N-methyl/N-ethyl adjacent to an activating group) is 1. The minimum atomic E-state index is -0.673. The summed E-state index contributed by atoms with van der Waals surface area (Å²) in [5, 5.41) is 1.88. The zero-order valence-corrected chi connectivity index (χ0v) is 10.9. The molecule has 1 N–H and O–H groups in total.